The zero-order chi connectivity index (χ0) is 13.2. The molecule has 0 fully saturated rings. The van der Waals surface area contributed by atoms with Crippen LogP contribution in [0.3, 0.4) is 0 Å². The van der Waals surface area contributed by atoms with Gasteiger partial charge in [0.05, 0.1) is 6.42 Å². The van der Waals surface area contributed by atoms with E-state index in [4.69, 9.17) is 0 Å². The Balaban J connectivity index is 2.16. The smallest absolute Gasteiger partial charge is 0.304 e. The number of benzene rings is 2. The average molecular weight is 270 g/mol. The van der Waals surface area contributed by atoms with Crippen LogP contribution >= 0.6 is 11.8 Å². The Bertz CT molecular complexity index is 574. The van der Waals surface area contributed by atoms with Crippen molar-refractivity contribution in [3.8, 4) is 0 Å². The summed E-state index contributed by atoms with van der Waals surface area (Å²) in [6.45, 7) is 0. The molecule has 0 spiro atoms. The van der Waals surface area contributed by atoms with Crippen molar-refractivity contribution in [2.45, 2.75) is 23.0 Å². The normalized spacial score (nSPS) is 17.2. The molecule has 0 saturated heterocycles. The van der Waals surface area contributed by atoms with Crippen LogP contribution in [-0.4, -0.2) is 11.1 Å². The van der Waals surface area contributed by atoms with Crippen LogP contribution in [-0.2, 0) is 10.5 Å². The molecule has 1 heterocycles. The van der Waals surface area contributed by atoms with Crippen molar-refractivity contribution in [2.24, 2.45) is 0 Å². The third kappa shape index (κ3) is 2.38. The van der Waals surface area contributed by atoms with Gasteiger partial charge in [-0.1, -0.05) is 42.5 Å². The molecule has 1 atom stereocenters. The fourth-order valence-electron chi connectivity index (χ4n) is 2.62. The number of hydrogen-bond donors (Lipinski definition) is 1. The molecule has 0 saturated carbocycles. The van der Waals surface area contributed by atoms with Gasteiger partial charge in [0.1, 0.15) is 0 Å². The van der Waals surface area contributed by atoms with E-state index in [0.717, 1.165) is 16.9 Å². The number of hydrogen-bond acceptors (Lipinski definition) is 2. The topological polar surface area (TPSA) is 37.3 Å². The average Bonchev–Trinajstić information content (AvgIpc) is 2.57. The Morgan fingerprint density at radius 2 is 1.79 bits per heavy atom. The van der Waals surface area contributed by atoms with Crippen LogP contribution < -0.4 is 0 Å². The van der Waals surface area contributed by atoms with Crippen LogP contribution in [0.1, 0.15) is 29.0 Å². The van der Waals surface area contributed by atoms with Gasteiger partial charge in [0.15, 0.2) is 0 Å². The highest BCUT2D eigenvalue weighted by molar-refractivity contribution is 7.98. The SMILES string of the molecule is O=C(O)CC1c2ccccc2CSc2ccccc21. The molecule has 19 heavy (non-hydrogen) atoms. The molecule has 3 rings (SSSR count). The van der Waals surface area contributed by atoms with Gasteiger partial charge in [-0.3, -0.25) is 4.79 Å². The summed E-state index contributed by atoms with van der Waals surface area (Å²) in [6.07, 6.45) is 0.147. The van der Waals surface area contributed by atoms with Gasteiger partial charge in [-0.2, -0.15) is 0 Å². The summed E-state index contributed by atoms with van der Waals surface area (Å²) in [6, 6.07) is 16.3. The quantitative estimate of drug-likeness (QED) is 0.899. The summed E-state index contributed by atoms with van der Waals surface area (Å²) in [5, 5.41) is 9.20. The van der Waals surface area contributed by atoms with Gasteiger partial charge >= 0.3 is 5.97 Å². The van der Waals surface area contributed by atoms with Crippen LogP contribution in [0.5, 0.6) is 0 Å². The number of carbonyl (C=O) groups is 1. The summed E-state index contributed by atoms with van der Waals surface area (Å²) in [5.74, 6) is 0.116. The van der Waals surface area contributed by atoms with Crippen molar-refractivity contribution >= 4 is 17.7 Å². The standard InChI is InChI=1S/C16H14O2S/c17-16(18)9-14-12-6-2-1-5-11(12)10-19-15-8-4-3-7-13(14)15/h1-8,14H,9-10H2,(H,17,18). The fraction of sp³-hybridized carbons (Fsp3) is 0.188. The van der Waals surface area contributed by atoms with E-state index in [-0.39, 0.29) is 12.3 Å². The third-order valence-corrected chi connectivity index (χ3v) is 4.62. The van der Waals surface area contributed by atoms with Gasteiger partial charge < -0.3 is 5.11 Å². The molecular formula is C16H14O2S. The number of rotatable bonds is 2. The lowest BCUT2D eigenvalue weighted by molar-refractivity contribution is -0.137. The molecule has 0 amide bonds. The van der Waals surface area contributed by atoms with Crippen molar-refractivity contribution in [3.63, 3.8) is 0 Å². The first-order chi connectivity index (χ1) is 9.25. The first-order valence-electron chi connectivity index (χ1n) is 6.27. The third-order valence-electron chi connectivity index (χ3n) is 3.49. The molecule has 0 radical (unpaired) electrons. The van der Waals surface area contributed by atoms with Gasteiger partial charge in [-0.05, 0) is 22.8 Å². The maximum atomic E-state index is 11.2. The minimum Gasteiger partial charge on any atom is -0.481 e. The van der Waals surface area contributed by atoms with E-state index in [0.29, 0.717) is 0 Å². The minimum absolute atomic E-state index is 0.0418. The molecule has 2 nitrogen and oxygen atoms in total. The molecule has 0 aromatic heterocycles. The highest BCUT2D eigenvalue weighted by atomic mass is 32.2. The van der Waals surface area contributed by atoms with Crippen molar-refractivity contribution < 1.29 is 9.90 Å². The van der Waals surface area contributed by atoms with Crippen LogP contribution in [0.4, 0.5) is 0 Å². The van der Waals surface area contributed by atoms with Crippen molar-refractivity contribution in [2.75, 3.05) is 0 Å². The summed E-state index contributed by atoms with van der Waals surface area (Å²) >= 11 is 1.79. The molecule has 1 unspecified atom stereocenters. The number of thioether (sulfide) groups is 1. The second-order valence-corrected chi connectivity index (χ2v) is 5.69. The monoisotopic (exact) mass is 270 g/mol. The van der Waals surface area contributed by atoms with E-state index in [1.54, 1.807) is 11.8 Å². The molecule has 2 aromatic carbocycles. The highest BCUT2D eigenvalue weighted by Crippen LogP contribution is 2.41. The molecular weight excluding hydrogens is 256 g/mol. The Hall–Kier alpha value is -1.74. The van der Waals surface area contributed by atoms with Crippen LogP contribution in [0.2, 0.25) is 0 Å². The largest absolute Gasteiger partial charge is 0.481 e. The van der Waals surface area contributed by atoms with Gasteiger partial charge in [0.2, 0.25) is 0 Å². The van der Waals surface area contributed by atoms with Gasteiger partial charge in [-0.15, -0.1) is 11.8 Å². The molecule has 1 aliphatic heterocycles. The van der Waals surface area contributed by atoms with E-state index >= 15 is 0 Å². The predicted molar refractivity (Wildman–Crippen MR) is 76.5 cm³/mol. The molecule has 0 bridgehead atoms. The van der Waals surface area contributed by atoms with E-state index < -0.39 is 5.97 Å². The van der Waals surface area contributed by atoms with Crippen LogP contribution in [0.15, 0.2) is 53.4 Å². The summed E-state index contributed by atoms with van der Waals surface area (Å²) in [4.78, 5) is 12.4. The molecule has 96 valence electrons. The van der Waals surface area contributed by atoms with E-state index in [1.165, 1.54) is 10.5 Å². The van der Waals surface area contributed by atoms with Crippen molar-refractivity contribution in [1.82, 2.24) is 0 Å². The minimum atomic E-state index is -0.749. The Labute approximate surface area is 116 Å². The highest BCUT2D eigenvalue weighted by Gasteiger charge is 2.25. The maximum Gasteiger partial charge on any atom is 0.304 e. The zero-order valence-corrected chi connectivity index (χ0v) is 11.2. The lowest BCUT2D eigenvalue weighted by Gasteiger charge is -2.17. The van der Waals surface area contributed by atoms with Crippen molar-refractivity contribution in [3.05, 3.63) is 65.2 Å². The molecule has 0 aliphatic carbocycles. The fourth-order valence-corrected chi connectivity index (χ4v) is 3.75. The molecule has 1 aliphatic rings. The van der Waals surface area contributed by atoms with E-state index in [9.17, 15) is 9.90 Å². The second-order valence-electron chi connectivity index (χ2n) is 4.68. The number of carboxylic acid groups (broad SMARTS) is 1. The number of carboxylic acids is 1. The Kier molecular flexibility index (Phi) is 3.30. The summed E-state index contributed by atoms with van der Waals surface area (Å²) < 4.78 is 0. The van der Waals surface area contributed by atoms with Gasteiger partial charge in [0.25, 0.3) is 0 Å². The number of fused-ring (bicyclic) bond motifs is 2. The first-order valence-corrected chi connectivity index (χ1v) is 7.25. The Morgan fingerprint density at radius 3 is 2.58 bits per heavy atom. The van der Waals surface area contributed by atoms with Crippen molar-refractivity contribution in [1.29, 1.82) is 0 Å². The summed E-state index contributed by atoms with van der Waals surface area (Å²) in [5.41, 5.74) is 3.54. The van der Waals surface area contributed by atoms with E-state index in [1.807, 2.05) is 24.3 Å². The second kappa shape index (κ2) is 5.10. The number of aliphatic carboxylic acids is 1. The van der Waals surface area contributed by atoms with E-state index in [2.05, 4.69) is 24.3 Å². The van der Waals surface area contributed by atoms with Crippen LogP contribution in [0.25, 0.3) is 0 Å². The maximum absolute atomic E-state index is 11.2. The van der Waals surface area contributed by atoms with Crippen LogP contribution in [0, 0.1) is 0 Å². The first kappa shape index (κ1) is 12.3. The molecule has 1 N–H and O–H groups in total. The zero-order valence-electron chi connectivity index (χ0n) is 10.4. The van der Waals surface area contributed by atoms with Gasteiger partial charge in [-0.25, -0.2) is 0 Å². The lowest BCUT2D eigenvalue weighted by atomic mass is 9.86. The molecule has 3 heteroatoms. The Morgan fingerprint density at radius 1 is 1.11 bits per heavy atom. The predicted octanol–water partition coefficient (Wildman–Crippen LogP) is 3.90. The lowest BCUT2D eigenvalue weighted by Crippen LogP contribution is -2.09. The van der Waals surface area contributed by atoms with Gasteiger partial charge in [0, 0.05) is 16.6 Å². The molecule has 2 aromatic rings. The summed E-state index contributed by atoms with van der Waals surface area (Å²) in [7, 11) is 0.